The van der Waals surface area contributed by atoms with Crippen LogP contribution in [0.1, 0.15) is 43.5 Å². The first kappa shape index (κ1) is 21.8. The first-order chi connectivity index (χ1) is 12.6. The van der Waals surface area contributed by atoms with Gasteiger partial charge in [-0.05, 0) is 58.5 Å². The van der Waals surface area contributed by atoms with Gasteiger partial charge in [0, 0.05) is 31.8 Å². The van der Waals surface area contributed by atoms with E-state index in [9.17, 15) is 13.2 Å². The Labute approximate surface area is 162 Å². The third kappa shape index (κ3) is 6.27. The Kier molecular flexibility index (Phi) is 7.39. The van der Waals surface area contributed by atoms with Crippen molar-refractivity contribution in [1.82, 2.24) is 14.9 Å². The number of benzene rings is 1. The maximum Gasteiger partial charge on any atom is 0.251 e. The van der Waals surface area contributed by atoms with Crippen LogP contribution in [0.5, 0.6) is 0 Å². The SMILES string of the molecule is COC(C)(C)CNC(=O)c1cccc(S(=O)(=O)NC[C@H]2CCCCN2C)c1. The van der Waals surface area contributed by atoms with Gasteiger partial charge in [-0.3, -0.25) is 4.79 Å². The number of nitrogens with zero attached hydrogens (tertiary/aromatic N) is 1. The van der Waals surface area contributed by atoms with Gasteiger partial charge in [0.25, 0.3) is 5.91 Å². The number of nitrogens with one attached hydrogen (secondary N) is 2. The van der Waals surface area contributed by atoms with Crippen molar-refractivity contribution in [3.8, 4) is 0 Å². The lowest BCUT2D eigenvalue weighted by Crippen LogP contribution is -2.44. The van der Waals surface area contributed by atoms with Crippen LogP contribution in [-0.4, -0.2) is 64.7 Å². The van der Waals surface area contributed by atoms with Crippen LogP contribution < -0.4 is 10.0 Å². The molecule has 27 heavy (non-hydrogen) atoms. The molecule has 2 N–H and O–H groups in total. The van der Waals surface area contributed by atoms with Crippen LogP contribution in [0.25, 0.3) is 0 Å². The zero-order chi connectivity index (χ0) is 20.1. The summed E-state index contributed by atoms with van der Waals surface area (Å²) in [6.07, 6.45) is 3.25. The molecule has 0 unspecified atom stereocenters. The van der Waals surface area contributed by atoms with Crippen molar-refractivity contribution in [2.45, 2.75) is 49.6 Å². The van der Waals surface area contributed by atoms with Gasteiger partial charge < -0.3 is 15.0 Å². The van der Waals surface area contributed by atoms with Gasteiger partial charge in [0.2, 0.25) is 10.0 Å². The Morgan fingerprint density at radius 1 is 1.33 bits per heavy atom. The highest BCUT2D eigenvalue weighted by molar-refractivity contribution is 7.89. The highest BCUT2D eigenvalue weighted by atomic mass is 32.2. The normalized spacial score (nSPS) is 19.0. The molecule has 7 nitrogen and oxygen atoms in total. The molecule has 1 heterocycles. The van der Waals surface area contributed by atoms with E-state index in [2.05, 4.69) is 14.9 Å². The molecule has 1 saturated heterocycles. The fraction of sp³-hybridized carbons (Fsp3) is 0.632. The van der Waals surface area contributed by atoms with E-state index in [0.717, 1.165) is 25.8 Å². The Balaban J connectivity index is 2.03. The lowest BCUT2D eigenvalue weighted by molar-refractivity contribution is 0.0228. The third-order valence-corrected chi connectivity index (χ3v) is 6.49. The number of hydrogen-bond acceptors (Lipinski definition) is 5. The van der Waals surface area contributed by atoms with E-state index in [1.165, 1.54) is 12.1 Å². The molecule has 0 radical (unpaired) electrons. The molecule has 2 rings (SSSR count). The molecule has 0 saturated carbocycles. The van der Waals surface area contributed by atoms with Gasteiger partial charge in [0.05, 0.1) is 10.5 Å². The zero-order valence-corrected chi connectivity index (χ0v) is 17.4. The molecule has 0 bridgehead atoms. The first-order valence-electron chi connectivity index (χ1n) is 9.28. The van der Waals surface area contributed by atoms with Crippen LogP contribution in [0, 0.1) is 0 Å². The molecule has 1 amide bonds. The van der Waals surface area contributed by atoms with Gasteiger partial charge in [-0.2, -0.15) is 0 Å². The van der Waals surface area contributed by atoms with Crippen molar-refractivity contribution >= 4 is 15.9 Å². The summed E-state index contributed by atoms with van der Waals surface area (Å²) in [5.74, 6) is -0.329. The van der Waals surface area contributed by atoms with E-state index < -0.39 is 15.6 Å². The second-order valence-corrected chi connectivity index (χ2v) is 9.42. The predicted molar refractivity (Wildman–Crippen MR) is 105 cm³/mol. The van der Waals surface area contributed by atoms with Gasteiger partial charge in [-0.25, -0.2) is 13.1 Å². The van der Waals surface area contributed by atoms with E-state index in [1.54, 1.807) is 19.2 Å². The summed E-state index contributed by atoms with van der Waals surface area (Å²) in [6.45, 7) is 5.41. The summed E-state index contributed by atoms with van der Waals surface area (Å²) >= 11 is 0. The number of amides is 1. The van der Waals surface area contributed by atoms with Crippen molar-refractivity contribution in [2.75, 3.05) is 33.8 Å². The highest BCUT2D eigenvalue weighted by Gasteiger charge is 2.23. The lowest BCUT2D eigenvalue weighted by atomic mass is 10.0. The number of likely N-dealkylation sites (tertiary alicyclic amines) is 1. The van der Waals surface area contributed by atoms with Crippen LogP contribution >= 0.6 is 0 Å². The van der Waals surface area contributed by atoms with Crippen molar-refractivity contribution < 1.29 is 17.9 Å². The minimum absolute atomic E-state index is 0.0969. The number of sulfonamides is 1. The van der Waals surface area contributed by atoms with E-state index in [-0.39, 0.29) is 16.8 Å². The number of hydrogen-bond donors (Lipinski definition) is 2. The molecule has 8 heteroatoms. The second-order valence-electron chi connectivity index (χ2n) is 7.66. The topological polar surface area (TPSA) is 87.7 Å². The van der Waals surface area contributed by atoms with Gasteiger partial charge >= 0.3 is 0 Å². The number of ether oxygens (including phenoxy) is 1. The maximum absolute atomic E-state index is 12.6. The molecule has 0 aliphatic carbocycles. The number of rotatable bonds is 8. The molecule has 1 atom stereocenters. The van der Waals surface area contributed by atoms with E-state index in [0.29, 0.717) is 18.7 Å². The van der Waals surface area contributed by atoms with Crippen LogP contribution in [0.4, 0.5) is 0 Å². The summed E-state index contributed by atoms with van der Waals surface area (Å²) in [7, 11) is -0.0719. The molecule has 0 spiro atoms. The third-order valence-electron chi connectivity index (χ3n) is 5.06. The monoisotopic (exact) mass is 397 g/mol. The number of carbonyl (C=O) groups is 1. The van der Waals surface area contributed by atoms with Crippen molar-refractivity contribution in [3.63, 3.8) is 0 Å². The fourth-order valence-electron chi connectivity index (χ4n) is 2.96. The van der Waals surface area contributed by atoms with Gasteiger partial charge in [0.1, 0.15) is 0 Å². The van der Waals surface area contributed by atoms with Crippen molar-refractivity contribution in [2.24, 2.45) is 0 Å². The van der Waals surface area contributed by atoms with E-state index in [1.807, 2.05) is 20.9 Å². The Morgan fingerprint density at radius 3 is 2.74 bits per heavy atom. The Hall–Kier alpha value is -1.48. The standard InChI is InChI=1S/C19H31N3O4S/c1-19(2,26-4)14-20-18(23)15-8-7-10-17(12-15)27(24,25)21-13-16-9-5-6-11-22(16)3/h7-8,10,12,16,21H,5-6,9,11,13-14H2,1-4H3,(H,20,23)/t16-/m1/s1. The van der Waals surface area contributed by atoms with Crippen molar-refractivity contribution in [1.29, 1.82) is 0 Å². The Morgan fingerprint density at radius 2 is 2.07 bits per heavy atom. The number of likely N-dealkylation sites (N-methyl/N-ethyl adjacent to an activating group) is 1. The molecule has 1 fully saturated rings. The summed E-state index contributed by atoms with van der Waals surface area (Å²) in [5, 5.41) is 2.77. The quantitative estimate of drug-likeness (QED) is 0.696. The maximum atomic E-state index is 12.6. The molecule has 1 aromatic rings. The summed E-state index contributed by atoms with van der Waals surface area (Å²) in [4.78, 5) is 14.6. The van der Waals surface area contributed by atoms with Gasteiger partial charge in [-0.15, -0.1) is 0 Å². The van der Waals surface area contributed by atoms with E-state index >= 15 is 0 Å². The van der Waals surface area contributed by atoms with Crippen LogP contribution in [0.15, 0.2) is 29.2 Å². The van der Waals surface area contributed by atoms with Gasteiger partial charge in [0.15, 0.2) is 0 Å². The average molecular weight is 398 g/mol. The smallest absolute Gasteiger partial charge is 0.251 e. The van der Waals surface area contributed by atoms with Crippen LogP contribution in [0.3, 0.4) is 0 Å². The fourth-order valence-corrected chi connectivity index (χ4v) is 4.08. The zero-order valence-electron chi connectivity index (χ0n) is 16.6. The van der Waals surface area contributed by atoms with Crippen molar-refractivity contribution in [3.05, 3.63) is 29.8 Å². The summed E-state index contributed by atoms with van der Waals surface area (Å²) < 4.78 is 33.2. The number of piperidine rings is 1. The predicted octanol–water partition coefficient (Wildman–Crippen LogP) is 1.60. The summed E-state index contributed by atoms with van der Waals surface area (Å²) in [6, 6.07) is 6.29. The molecule has 1 aliphatic rings. The molecule has 1 aliphatic heterocycles. The molecule has 0 aromatic heterocycles. The first-order valence-corrected chi connectivity index (χ1v) is 10.8. The molecule has 152 valence electrons. The van der Waals surface area contributed by atoms with Crippen LogP contribution in [-0.2, 0) is 14.8 Å². The molecular weight excluding hydrogens is 366 g/mol. The minimum atomic E-state index is -3.67. The number of methoxy groups -OCH3 is 1. The Bertz CT molecular complexity index is 749. The molecule has 1 aromatic carbocycles. The lowest BCUT2D eigenvalue weighted by Gasteiger charge is -2.32. The average Bonchev–Trinajstić information content (AvgIpc) is 2.65. The van der Waals surface area contributed by atoms with E-state index in [4.69, 9.17) is 4.74 Å². The summed E-state index contributed by atoms with van der Waals surface area (Å²) in [5.41, 5.74) is -0.188. The number of carbonyl (C=O) groups excluding carboxylic acids is 1. The largest absolute Gasteiger partial charge is 0.377 e. The highest BCUT2D eigenvalue weighted by Crippen LogP contribution is 2.16. The minimum Gasteiger partial charge on any atom is -0.377 e. The molecular formula is C19H31N3O4S. The van der Waals surface area contributed by atoms with Gasteiger partial charge in [-0.1, -0.05) is 12.5 Å². The second kappa shape index (κ2) is 9.14. The van der Waals surface area contributed by atoms with Crippen LogP contribution in [0.2, 0.25) is 0 Å².